The van der Waals surface area contributed by atoms with E-state index in [2.05, 4.69) is 23.7 Å². The maximum atomic E-state index is 12.9. The molecule has 7 heteroatoms. The second kappa shape index (κ2) is 8.48. The Balaban J connectivity index is 1.71. The van der Waals surface area contributed by atoms with E-state index < -0.39 is 0 Å². The summed E-state index contributed by atoms with van der Waals surface area (Å²) in [6, 6.07) is 7.63. The van der Waals surface area contributed by atoms with Crippen LogP contribution in [0, 0.1) is 6.92 Å². The van der Waals surface area contributed by atoms with Gasteiger partial charge in [0.15, 0.2) is 0 Å². The summed E-state index contributed by atoms with van der Waals surface area (Å²) in [7, 11) is 0. The van der Waals surface area contributed by atoms with Crippen molar-refractivity contribution >= 4 is 35.1 Å². The fourth-order valence-electron chi connectivity index (χ4n) is 3.10. The number of rotatable bonds is 4. The molecule has 1 saturated heterocycles. The molecule has 5 nitrogen and oxygen atoms in total. The van der Waals surface area contributed by atoms with Crippen LogP contribution < -0.4 is 4.90 Å². The second-order valence-electron chi connectivity index (χ2n) is 7.01. The fraction of sp³-hybridized carbons (Fsp3) is 0.450. The van der Waals surface area contributed by atoms with Crippen molar-refractivity contribution in [2.24, 2.45) is 0 Å². The molecule has 0 atom stereocenters. The van der Waals surface area contributed by atoms with Crippen LogP contribution in [0.2, 0.25) is 5.02 Å². The van der Waals surface area contributed by atoms with Crippen LogP contribution in [-0.2, 0) is 0 Å². The van der Waals surface area contributed by atoms with E-state index in [0.29, 0.717) is 23.7 Å². The Morgan fingerprint density at radius 3 is 2.48 bits per heavy atom. The molecular weight excluding hydrogens is 380 g/mol. The number of nitrogens with zero attached hydrogens (tertiary/aromatic N) is 4. The van der Waals surface area contributed by atoms with Crippen LogP contribution in [0.25, 0.3) is 0 Å². The van der Waals surface area contributed by atoms with Gasteiger partial charge in [0.25, 0.3) is 5.91 Å². The van der Waals surface area contributed by atoms with Gasteiger partial charge in [-0.15, -0.1) is 11.8 Å². The maximum Gasteiger partial charge on any atom is 0.255 e. The first-order valence-electron chi connectivity index (χ1n) is 9.12. The number of benzene rings is 1. The van der Waals surface area contributed by atoms with Gasteiger partial charge in [0.1, 0.15) is 11.6 Å². The molecule has 144 valence electrons. The molecule has 2 heterocycles. The van der Waals surface area contributed by atoms with Gasteiger partial charge in [0, 0.05) is 48.8 Å². The minimum atomic E-state index is -0.00251. The van der Waals surface area contributed by atoms with Crippen LogP contribution >= 0.6 is 23.4 Å². The molecule has 0 aliphatic carbocycles. The van der Waals surface area contributed by atoms with Crippen LogP contribution in [0.3, 0.4) is 0 Å². The molecule has 0 N–H and O–H groups in total. The highest BCUT2D eigenvalue weighted by Crippen LogP contribution is 2.25. The molecule has 0 spiro atoms. The van der Waals surface area contributed by atoms with Crippen LogP contribution in [0.15, 0.2) is 29.2 Å². The lowest BCUT2D eigenvalue weighted by Crippen LogP contribution is -2.49. The van der Waals surface area contributed by atoms with E-state index in [4.69, 9.17) is 16.6 Å². The Labute approximate surface area is 170 Å². The van der Waals surface area contributed by atoms with Gasteiger partial charge in [-0.05, 0) is 31.4 Å². The first-order valence-corrected chi connectivity index (χ1v) is 10.7. The molecule has 1 aromatic heterocycles. The van der Waals surface area contributed by atoms with E-state index in [0.717, 1.165) is 35.3 Å². The average molecular weight is 405 g/mol. The van der Waals surface area contributed by atoms with E-state index in [1.807, 2.05) is 36.3 Å². The molecule has 0 bridgehead atoms. The highest BCUT2D eigenvalue weighted by Gasteiger charge is 2.25. The van der Waals surface area contributed by atoms with Gasteiger partial charge < -0.3 is 9.80 Å². The van der Waals surface area contributed by atoms with Crippen molar-refractivity contribution in [2.45, 2.75) is 31.6 Å². The van der Waals surface area contributed by atoms with Gasteiger partial charge in [-0.3, -0.25) is 4.79 Å². The lowest BCUT2D eigenvalue weighted by atomic mass is 10.1. The molecule has 1 fully saturated rings. The number of hydrogen-bond acceptors (Lipinski definition) is 5. The lowest BCUT2D eigenvalue weighted by Gasteiger charge is -2.35. The lowest BCUT2D eigenvalue weighted by molar-refractivity contribution is 0.0746. The van der Waals surface area contributed by atoms with Gasteiger partial charge in [-0.25, -0.2) is 9.97 Å². The zero-order valence-electron chi connectivity index (χ0n) is 16.2. The first-order chi connectivity index (χ1) is 12.9. The van der Waals surface area contributed by atoms with Gasteiger partial charge in [-0.2, -0.15) is 0 Å². The Kier molecular flexibility index (Phi) is 6.27. The summed E-state index contributed by atoms with van der Waals surface area (Å²) in [5, 5.41) is 0.508. The zero-order valence-corrected chi connectivity index (χ0v) is 17.8. The van der Waals surface area contributed by atoms with Crippen LogP contribution in [0.5, 0.6) is 0 Å². The SMILES string of the molecule is CSc1ccc(Cl)c(C(=O)N2CCN(c3cc(C)nc(C(C)C)n3)CC2)c1. The Hall–Kier alpha value is -1.79. The molecule has 3 rings (SSSR count). The predicted molar refractivity (Wildman–Crippen MR) is 112 cm³/mol. The summed E-state index contributed by atoms with van der Waals surface area (Å²) in [5.74, 6) is 2.10. The van der Waals surface area contributed by atoms with Crippen LogP contribution in [-0.4, -0.2) is 53.2 Å². The third-order valence-electron chi connectivity index (χ3n) is 4.67. The molecule has 2 aromatic rings. The number of carbonyl (C=O) groups excluding carboxylic acids is 1. The number of hydrogen-bond donors (Lipinski definition) is 0. The maximum absolute atomic E-state index is 12.9. The number of halogens is 1. The normalized spacial score (nSPS) is 14.7. The Bertz CT molecular complexity index is 835. The van der Waals surface area contributed by atoms with Crippen molar-refractivity contribution in [1.82, 2.24) is 14.9 Å². The number of amides is 1. The van der Waals surface area contributed by atoms with Gasteiger partial charge >= 0.3 is 0 Å². The van der Waals surface area contributed by atoms with Gasteiger partial charge in [0.05, 0.1) is 10.6 Å². The summed E-state index contributed by atoms with van der Waals surface area (Å²) in [5.41, 5.74) is 1.56. The number of aromatic nitrogens is 2. The second-order valence-corrected chi connectivity index (χ2v) is 8.29. The van der Waals surface area contributed by atoms with Crippen molar-refractivity contribution in [3.63, 3.8) is 0 Å². The predicted octanol–water partition coefficient (Wildman–Crippen LogP) is 4.25. The number of carbonyl (C=O) groups is 1. The summed E-state index contributed by atoms with van der Waals surface area (Å²) in [6.07, 6.45) is 1.99. The molecule has 0 unspecified atom stereocenters. The highest BCUT2D eigenvalue weighted by molar-refractivity contribution is 7.98. The van der Waals surface area contributed by atoms with Crippen molar-refractivity contribution in [2.75, 3.05) is 37.3 Å². The summed E-state index contributed by atoms with van der Waals surface area (Å²) >= 11 is 7.88. The minimum absolute atomic E-state index is 0.00251. The molecule has 1 aliphatic rings. The number of aryl methyl sites for hydroxylation is 1. The van der Waals surface area contributed by atoms with Crippen molar-refractivity contribution in [3.8, 4) is 0 Å². The molecule has 0 saturated carbocycles. The average Bonchev–Trinajstić information content (AvgIpc) is 2.67. The summed E-state index contributed by atoms with van der Waals surface area (Å²) in [6.45, 7) is 9.00. The van der Waals surface area contributed by atoms with Crippen LogP contribution in [0.4, 0.5) is 5.82 Å². The zero-order chi connectivity index (χ0) is 19.6. The third kappa shape index (κ3) is 4.55. The number of piperazine rings is 1. The highest BCUT2D eigenvalue weighted by atomic mass is 35.5. The monoisotopic (exact) mass is 404 g/mol. The molecule has 1 aliphatic heterocycles. The van der Waals surface area contributed by atoms with Crippen molar-refractivity contribution in [3.05, 3.63) is 46.4 Å². The third-order valence-corrected chi connectivity index (χ3v) is 5.72. The van der Waals surface area contributed by atoms with E-state index in [1.54, 1.807) is 17.8 Å². The standard InChI is InChI=1S/C20H25ClN4OS/c1-13(2)19-22-14(3)11-18(23-19)24-7-9-25(10-8-24)20(26)16-12-15(27-4)5-6-17(16)21/h5-6,11-13H,7-10H2,1-4H3. The first kappa shape index (κ1) is 20.0. The van der Waals surface area contributed by atoms with Gasteiger partial charge in [0.2, 0.25) is 0 Å². The van der Waals surface area contributed by atoms with E-state index >= 15 is 0 Å². The molecule has 1 aromatic carbocycles. The Morgan fingerprint density at radius 2 is 1.85 bits per heavy atom. The van der Waals surface area contributed by atoms with Crippen LogP contribution in [0.1, 0.15) is 41.6 Å². The minimum Gasteiger partial charge on any atom is -0.353 e. The quantitative estimate of drug-likeness (QED) is 0.713. The van der Waals surface area contributed by atoms with Gasteiger partial charge in [-0.1, -0.05) is 25.4 Å². The topological polar surface area (TPSA) is 49.3 Å². The smallest absolute Gasteiger partial charge is 0.255 e. The molecular formula is C20H25ClN4OS. The summed E-state index contributed by atoms with van der Waals surface area (Å²) < 4.78 is 0. The van der Waals surface area contributed by atoms with E-state index in [9.17, 15) is 4.79 Å². The number of anilines is 1. The number of thioether (sulfide) groups is 1. The van der Waals surface area contributed by atoms with Crippen molar-refractivity contribution < 1.29 is 4.79 Å². The largest absolute Gasteiger partial charge is 0.353 e. The fourth-order valence-corrected chi connectivity index (χ4v) is 3.74. The van der Waals surface area contributed by atoms with E-state index in [-0.39, 0.29) is 11.8 Å². The molecule has 0 radical (unpaired) electrons. The summed E-state index contributed by atoms with van der Waals surface area (Å²) in [4.78, 5) is 27.3. The molecule has 27 heavy (non-hydrogen) atoms. The van der Waals surface area contributed by atoms with Crippen molar-refractivity contribution in [1.29, 1.82) is 0 Å². The molecule has 1 amide bonds. The Morgan fingerprint density at radius 1 is 1.15 bits per heavy atom. The van der Waals surface area contributed by atoms with E-state index in [1.165, 1.54) is 0 Å².